The number of halogens is 1. The molecule has 0 aliphatic rings. The molecule has 2 aromatic carbocycles. The van der Waals surface area contributed by atoms with Gasteiger partial charge in [0.25, 0.3) is 0 Å². The minimum absolute atomic E-state index is 0.291. The summed E-state index contributed by atoms with van der Waals surface area (Å²) < 4.78 is 26.2. The van der Waals surface area contributed by atoms with Gasteiger partial charge in [0.1, 0.15) is 0 Å². The van der Waals surface area contributed by atoms with Gasteiger partial charge in [-0.2, -0.15) is 0 Å². The zero-order valence-corrected chi connectivity index (χ0v) is 14.3. The summed E-state index contributed by atoms with van der Waals surface area (Å²) in [5.74, 6) is 0. The molecule has 0 bridgehead atoms. The van der Waals surface area contributed by atoms with E-state index >= 15 is 0 Å². The van der Waals surface area contributed by atoms with E-state index in [2.05, 4.69) is 21.2 Å². The molecule has 0 amide bonds. The highest BCUT2D eigenvalue weighted by Crippen LogP contribution is 2.19. The number of hydrogen-bond donors (Lipinski definition) is 1. The summed E-state index contributed by atoms with van der Waals surface area (Å²) in [4.78, 5) is 0.291. The molecule has 6 heteroatoms. The van der Waals surface area contributed by atoms with Gasteiger partial charge in [-0.3, -0.25) is 0 Å². The van der Waals surface area contributed by atoms with Crippen molar-refractivity contribution in [3.63, 3.8) is 0 Å². The number of hydrogen-bond acceptors (Lipinski definition) is 3. The summed E-state index contributed by atoms with van der Waals surface area (Å²) >= 11 is 3.50. The van der Waals surface area contributed by atoms with Crippen molar-refractivity contribution in [1.29, 1.82) is 0 Å². The number of benzene rings is 2. The van der Waals surface area contributed by atoms with Crippen LogP contribution >= 0.6 is 15.9 Å². The van der Waals surface area contributed by atoms with Gasteiger partial charge in [0, 0.05) is 30.8 Å². The predicted molar refractivity (Wildman–Crippen MR) is 88.8 cm³/mol. The van der Waals surface area contributed by atoms with Crippen molar-refractivity contribution in [2.45, 2.75) is 11.4 Å². The van der Waals surface area contributed by atoms with E-state index in [0.29, 0.717) is 11.4 Å². The second kappa shape index (κ2) is 6.60. The molecular formula is C15H17BrN2O2S. The first-order valence-electron chi connectivity index (χ1n) is 6.41. The van der Waals surface area contributed by atoms with Gasteiger partial charge < -0.3 is 5.32 Å². The maximum absolute atomic E-state index is 12.0. The fraction of sp³-hybridized carbons (Fsp3) is 0.200. The van der Waals surface area contributed by atoms with Crippen LogP contribution < -0.4 is 5.32 Å². The van der Waals surface area contributed by atoms with E-state index in [1.807, 2.05) is 24.3 Å². The molecule has 112 valence electrons. The predicted octanol–water partition coefficient (Wildman–Crippen LogP) is 3.31. The molecule has 1 N–H and O–H groups in total. The van der Waals surface area contributed by atoms with Crippen molar-refractivity contribution in [3.05, 3.63) is 58.6 Å². The monoisotopic (exact) mass is 368 g/mol. The topological polar surface area (TPSA) is 49.4 Å². The highest BCUT2D eigenvalue weighted by atomic mass is 79.9. The van der Waals surface area contributed by atoms with Crippen LogP contribution in [0.3, 0.4) is 0 Å². The van der Waals surface area contributed by atoms with E-state index in [-0.39, 0.29) is 0 Å². The second-order valence-corrected chi connectivity index (χ2v) is 7.76. The van der Waals surface area contributed by atoms with Crippen LogP contribution in [0.1, 0.15) is 5.56 Å². The molecule has 0 atom stereocenters. The SMILES string of the molecule is CN(C)S(=O)(=O)c1ccc(NCc2ccccc2Br)cc1. The summed E-state index contributed by atoms with van der Waals surface area (Å²) in [5.41, 5.74) is 2.02. The van der Waals surface area contributed by atoms with Crippen molar-refractivity contribution in [2.24, 2.45) is 0 Å². The Bertz CT molecular complexity index is 713. The van der Waals surface area contributed by atoms with Gasteiger partial charge in [0.05, 0.1) is 4.90 Å². The molecule has 0 heterocycles. The summed E-state index contributed by atoms with van der Waals surface area (Å²) in [6.45, 7) is 0.668. The van der Waals surface area contributed by atoms with E-state index in [4.69, 9.17) is 0 Å². The van der Waals surface area contributed by atoms with Crippen molar-refractivity contribution in [2.75, 3.05) is 19.4 Å². The lowest BCUT2D eigenvalue weighted by Crippen LogP contribution is -2.22. The molecule has 2 rings (SSSR count). The van der Waals surface area contributed by atoms with Gasteiger partial charge in [-0.25, -0.2) is 12.7 Å². The Morgan fingerprint density at radius 1 is 1.05 bits per heavy atom. The highest BCUT2D eigenvalue weighted by Gasteiger charge is 2.16. The average Bonchev–Trinajstić information content (AvgIpc) is 2.46. The molecule has 0 aliphatic heterocycles. The fourth-order valence-corrected chi connectivity index (χ4v) is 3.12. The van der Waals surface area contributed by atoms with E-state index in [1.165, 1.54) is 18.4 Å². The zero-order chi connectivity index (χ0) is 15.5. The number of rotatable bonds is 5. The largest absolute Gasteiger partial charge is 0.381 e. The smallest absolute Gasteiger partial charge is 0.242 e. The third-order valence-electron chi connectivity index (χ3n) is 3.07. The standard InChI is InChI=1S/C15H17BrN2O2S/c1-18(2)21(19,20)14-9-7-13(8-10-14)17-11-12-5-3-4-6-15(12)16/h3-10,17H,11H2,1-2H3. The van der Waals surface area contributed by atoms with Crippen LogP contribution in [0.15, 0.2) is 57.9 Å². The molecule has 0 unspecified atom stereocenters. The molecule has 0 fully saturated rings. The quantitative estimate of drug-likeness (QED) is 0.880. The van der Waals surface area contributed by atoms with Crippen LogP contribution in [-0.2, 0) is 16.6 Å². The lowest BCUT2D eigenvalue weighted by atomic mass is 10.2. The lowest BCUT2D eigenvalue weighted by molar-refractivity contribution is 0.521. The van der Waals surface area contributed by atoms with Crippen LogP contribution in [0.2, 0.25) is 0 Å². The zero-order valence-electron chi connectivity index (χ0n) is 11.9. The van der Waals surface area contributed by atoms with Crippen LogP contribution in [-0.4, -0.2) is 26.8 Å². The molecule has 21 heavy (non-hydrogen) atoms. The lowest BCUT2D eigenvalue weighted by Gasteiger charge is -2.12. The van der Waals surface area contributed by atoms with Gasteiger partial charge in [-0.05, 0) is 35.9 Å². The van der Waals surface area contributed by atoms with Gasteiger partial charge in [0.15, 0.2) is 0 Å². The van der Waals surface area contributed by atoms with Crippen LogP contribution in [0.25, 0.3) is 0 Å². The molecule has 4 nitrogen and oxygen atoms in total. The Morgan fingerprint density at radius 2 is 1.67 bits per heavy atom. The Kier molecular flexibility index (Phi) is 5.03. The van der Waals surface area contributed by atoms with Crippen molar-refractivity contribution in [3.8, 4) is 0 Å². The van der Waals surface area contributed by atoms with E-state index in [0.717, 1.165) is 15.7 Å². The van der Waals surface area contributed by atoms with Gasteiger partial charge >= 0.3 is 0 Å². The Labute approximate surface area is 134 Å². The molecule has 0 aliphatic carbocycles. The summed E-state index contributed by atoms with van der Waals surface area (Å²) in [5, 5.41) is 3.27. The Balaban J connectivity index is 2.09. The number of anilines is 1. The number of sulfonamides is 1. The molecule has 0 saturated heterocycles. The van der Waals surface area contributed by atoms with Crippen LogP contribution in [0.4, 0.5) is 5.69 Å². The van der Waals surface area contributed by atoms with E-state index < -0.39 is 10.0 Å². The number of nitrogens with zero attached hydrogens (tertiary/aromatic N) is 1. The van der Waals surface area contributed by atoms with Crippen LogP contribution in [0, 0.1) is 0 Å². The maximum atomic E-state index is 12.0. The first-order chi connectivity index (χ1) is 9.91. The molecule has 2 aromatic rings. The van der Waals surface area contributed by atoms with E-state index in [1.54, 1.807) is 24.3 Å². The Morgan fingerprint density at radius 3 is 2.24 bits per heavy atom. The highest BCUT2D eigenvalue weighted by molar-refractivity contribution is 9.10. The minimum Gasteiger partial charge on any atom is -0.381 e. The minimum atomic E-state index is -3.37. The van der Waals surface area contributed by atoms with Gasteiger partial charge in [-0.1, -0.05) is 34.1 Å². The van der Waals surface area contributed by atoms with Gasteiger partial charge in [0.2, 0.25) is 10.0 Å². The average molecular weight is 369 g/mol. The van der Waals surface area contributed by atoms with Crippen molar-refractivity contribution < 1.29 is 8.42 Å². The summed E-state index contributed by atoms with van der Waals surface area (Å²) in [6, 6.07) is 14.7. The molecule has 0 saturated carbocycles. The van der Waals surface area contributed by atoms with Crippen molar-refractivity contribution >= 4 is 31.6 Å². The first kappa shape index (κ1) is 16.0. The summed E-state index contributed by atoms with van der Waals surface area (Å²) in [6.07, 6.45) is 0. The normalized spacial score (nSPS) is 11.6. The molecule has 0 radical (unpaired) electrons. The maximum Gasteiger partial charge on any atom is 0.242 e. The third kappa shape index (κ3) is 3.84. The fourth-order valence-electron chi connectivity index (χ4n) is 1.79. The third-order valence-corrected chi connectivity index (χ3v) is 5.68. The van der Waals surface area contributed by atoms with E-state index in [9.17, 15) is 8.42 Å². The second-order valence-electron chi connectivity index (χ2n) is 4.76. The summed E-state index contributed by atoms with van der Waals surface area (Å²) in [7, 11) is -0.325. The molecule has 0 aromatic heterocycles. The van der Waals surface area contributed by atoms with Crippen LogP contribution in [0.5, 0.6) is 0 Å². The number of nitrogens with one attached hydrogen (secondary N) is 1. The Hall–Kier alpha value is -1.37. The molecular weight excluding hydrogens is 352 g/mol. The molecule has 0 spiro atoms. The first-order valence-corrected chi connectivity index (χ1v) is 8.64. The van der Waals surface area contributed by atoms with Gasteiger partial charge in [-0.15, -0.1) is 0 Å². The van der Waals surface area contributed by atoms with Crippen molar-refractivity contribution in [1.82, 2.24) is 4.31 Å².